The number of nitrogens with zero attached hydrogens (tertiary/aromatic N) is 5. The van der Waals surface area contributed by atoms with Crippen molar-refractivity contribution in [1.82, 2.24) is 24.6 Å². The molecule has 0 atom stereocenters. The quantitative estimate of drug-likeness (QED) is 0.586. The van der Waals surface area contributed by atoms with Crippen LogP contribution in [0.4, 0.5) is 0 Å². The Labute approximate surface area is 196 Å². The molecule has 0 spiro atoms. The Morgan fingerprint density at radius 3 is 2.12 bits per heavy atom. The zero-order chi connectivity index (χ0) is 22.5. The standard InChI is InChI=1S/C27H33N5O/c33-27(22-31-14-12-29(13-15-31)20-23-8-10-28-11-9-23)32-18-16-30(17-19-32)21-25-6-3-5-24-4-1-2-7-26(24)25/h1-11H,12-22H2. The highest BCUT2D eigenvalue weighted by atomic mass is 16.2. The highest BCUT2D eigenvalue weighted by molar-refractivity contribution is 5.85. The molecule has 0 unspecified atom stereocenters. The van der Waals surface area contributed by atoms with Crippen molar-refractivity contribution < 1.29 is 4.79 Å². The van der Waals surface area contributed by atoms with Crippen molar-refractivity contribution in [3.63, 3.8) is 0 Å². The van der Waals surface area contributed by atoms with Gasteiger partial charge >= 0.3 is 0 Å². The van der Waals surface area contributed by atoms with Gasteiger partial charge in [0.1, 0.15) is 0 Å². The number of piperazine rings is 2. The van der Waals surface area contributed by atoms with Crippen LogP contribution in [0.5, 0.6) is 0 Å². The molecule has 0 radical (unpaired) electrons. The number of pyridine rings is 1. The summed E-state index contributed by atoms with van der Waals surface area (Å²) in [5.41, 5.74) is 2.67. The van der Waals surface area contributed by atoms with Crippen molar-refractivity contribution >= 4 is 16.7 Å². The van der Waals surface area contributed by atoms with Gasteiger partial charge in [0, 0.05) is 77.8 Å². The van der Waals surface area contributed by atoms with E-state index in [1.807, 2.05) is 12.4 Å². The zero-order valence-electron chi connectivity index (χ0n) is 19.3. The predicted octanol–water partition coefficient (Wildman–Crippen LogP) is 2.70. The molecule has 6 heteroatoms. The van der Waals surface area contributed by atoms with E-state index in [0.717, 1.165) is 65.4 Å². The van der Waals surface area contributed by atoms with Gasteiger partial charge in [0.2, 0.25) is 5.91 Å². The second-order valence-electron chi connectivity index (χ2n) is 9.20. The number of fused-ring (bicyclic) bond motifs is 1. The second kappa shape index (κ2) is 10.4. The van der Waals surface area contributed by atoms with Crippen molar-refractivity contribution in [2.45, 2.75) is 13.1 Å². The lowest BCUT2D eigenvalue weighted by Gasteiger charge is -2.38. The first-order chi connectivity index (χ1) is 16.2. The molecule has 5 rings (SSSR count). The summed E-state index contributed by atoms with van der Waals surface area (Å²) in [5.74, 6) is 0.280. The molecule has 2 aromatic carbocycles. The van der Waals surface area contributed by atoms with Crippen molar-refractivity contribution in [1.29, 1.82) is 0 Å². The van der Waals surface area contributed by atoms with Gasteiger partial charge in [-0.25, -0.2) is 0 Å². The minimum atomic E-state index is 0.280. The first kappa shape index (κ1) is 22.0. The molecule has 2 saturated heterocycles. The molecule has 2 aliphatic heterocycles. The Hall–Kier alpha value is -2.80. The minimum absolute atomic E-state index is 0.280. The highest BCUT2D eigenvalue weighted by Gasteiger charge is 2.25. The summed E-state index contributed by atoms with van der Waals surface area (Å²) >= 11 is 0. The summed E-state index contributed by atoms with van der Waals surface area (Å²) < 4.78 is 0. The molecule has 0 bridgehead atoms. The monoisotopic (exact) mass is 443 g/mol. The van der Waals surface area contributed by atoms with Crippen LogP contribution in [0.1, 0.15) is 11.1 Å². The maximum absolute atomic E-state index is 12.9. The van der Waals surface area contributed by atoms with Gasteiger partial charge in [0.05, 0.1) is 6.54 Å². The Morgan fingerprint density at radius 1 is 0.697 bits per heavy atom. The van der Waals surface area contributed by atoms with Crippen molar-refractivity contribution in [3.8, 4) is 0 Å². The summed E-state index contributed by atoms with van der Waals surface area (Å²) in [6.07, 6.45) is 3.71. The number of rotatable bonds is 6. The largest absolute Gasteiger partial charge is 0.339 e. The summed E-state index contributed by atoms with van der Waals surface area (Å²) in [6.45, 7) is 9.91. The van der Waals surface area contributed by atoms with E-state index in [1.54, 1.807) is 0 Å². The smallest absolute Gasteiger partial charge is 0.236 e. The van der Waals surface area contributed by atoms with Gasteiger partial charge in [-0.3, -0.25) is 24.5 Å². The number of carbonyl (C=O) groups excluding carboxylic acids is 1. The number of carbonyl (C=O) groups is 1. The Morgan fingerprint density at radius 2 is 1.33 bits per heavy atom. The molecule has 0 N–H and O–H groups in total. The molecule has 1 amide bonds. The van der Waals surface area contributed by atoms with Gasteiger partial charge in [0.15, 0.2) is 0 Å². The molecule has 2 fully saturated rings. The van der Waals surface area contributed by atoms with Crippen molar-refractivity contribution in [2.24, 2.45) is 0 Å². The Kier molecular flexibility index (Phi) is 6.95. The molecule has 0 aliphatic carbocycles. The van der Waals surface area contributed by atoms with Crippen LogP contribution in [0.25, 0.3) is 10.8 Å². The van der Waals surface area contributed by atoms with Crippen molar-refractivity contribution in [3.05, 3.63) is 78.1 Å². The van der Waals surface area contributed by atoms with Crippen LogP contribution in [0.3, 0.4) is 0 Å². The minimum Gasteiger partial charge on any atom is -0.339 e. The third-order valence-electron chi connectivity index (χ3n) is 6.98. The lowest BCUT2D eigenvalue weighted by molar-refractivity contribution is -0.134. The SMILES string of the molecule is O=C(CN1CCN(Cc2ccncc2)CC1)N1CCN(Cc2cccc3ccccc23)CC1. The number of hydrogen-bond donors (Lipinski definition) is 0. The van der Waals surface area contributed by atoms with Gasteiger partial charge in [-0.05, 0) is 34.0 Å². The first-order valence-corrected chi connectivity index (χ1v) is 12.0. The zero-order valence-corrected chi connectivity index (χ0v) is 19.3. The van der Waals surface area contributed by atoms with E-state index in [4.69, 9.17) is 0 Å². The fraction of sp³-hybridized carbons (Fsp3) is 0.407. The highest BCUT2D eigenvalue weighted by Crippen LogP contribution is 2.20. The van der Waals surface area contributed by atoms with Crippen LogP contribution in [0.2, 0.25) is 0 Å². The topological polar surface area (TPSA) is 42.9 Å². The fourth-order valence-corrected chi connectivity index (χ4v) is 4.97. The van der Waals surface area contributed by atoms with Crippen LogP contribution >= 0.6 is 0 Å². The lowest BCUT2D eigenvalue weighted by Crippen LogP contribution is -2.53. The van der Waals surface area contributed by atoms with Gasteiger partial charge in [-0.15, -0.1) is 0 Å². The van der Waals surface area contributed by atoms with Crippen LogP contribution in [-0.2, 0) is 17.9 Å². The molecule has 0 saturated carbocycles. The maximum Gasteiger partial charge on any atom is 0.236 e. The first-order valence-electron chi connectivity index (χ1n) is 12.0. The number of amides is 1. The van der Waals surface area contributed by atoms with Crippen molar-refractivity contribution in [2.75, 3.05) is 58.9 Å². The molecule has 172 valence electrons. The van der Waals surface area contributed by atoms with E-state index in [2.05, 4.69) is 79.2 Å². The molecule has 3 aromatic rings. The Bertz CT molecular complexity index is 1050. The molecule has 3 heterocycles. The normalized spacial score (nSPS) is 18.6. The summed E-state index contributed by atoms with van der Waals surface area (Å²) in [6, 6.07) is 19.3. The van der Waals surface area contributed by atoms with E-state index in [0.29, 0.717) is 6.54 Å². The van der Waals surface area contributed by atoms with Gasteiger partial charge in [-0.1, -0.05) is 42.5 Å². The van der Waals surface area contributed by atoms with Crippen LogP contribution in [-0.4, -0.2) is 89.4 Å². The number of benzene rings is 2. The summed E-state index contributed by atoms with van der Waals surface area (Å²) in [4.78, 5) is 26.3. The van der Waals surface area contributed by atoms with Gasteiger partial charge in [-0.2, -0.15) is 0 Å². The molecular weight excluding hydrogens is 410 g/mol. The van der Waals surface area contributed by atoms with Crippen LogP contribution < -0.4 is 0 Å². The third-order valence-corrected chi connectivity index (χ3v) is 6.98. The predicted molar refractivity (Wildman–Crippen MR) is 132 cm³/mol. The summed E-state index contributed by atoms with van der Waals surface area (Å²) in [5, 5.41) is 2.63. The second-order valence-corrected chi connectivity index (χ2v) is 9.20. The Balaban J connectivity index is 1.06. The average molecular weight is 444 g/mol. The molecule has 2 aliphatic rings. The fourth-order valence-electron chi connectivity index (χ4n) is 4.97. The lowest BCUT2D eigenvalue weighted by atomic mass is 10.0. The average Bonchev–Trinajstić information content (AvgIpc) is 2.86. The van der Waals surface area contributed by atoms with E-state index in [-0.39, 0.29) is 5.91 Å². The third kappa shape index (κ3) is 5.58. The maximum atomic E-state index is 12.9. The van der Waals surface area contributed by atoms with Crippen LogP contribution in [0.15, 0.2) is 67.0 Å². The molecule has 33 heavy (non-hydrogen) atoms. The number of aromatic nitrogens is 1. The van der Waals surface area contributed by atoms with E-state index in [1.165, 1.54) is 21.9 Å². The van der Waals surface area contributed by atoms with Gasteiger partial charge in [0.25, 0.3) is 0 Å². The van der Waals surface area contributed by atoms with E-state index >= 15 is 0 Å². The number of hydrogen-bond acceptors (Lipinski definition) is 5. The van der Waals surface area contributed by atoms with Crippen LogP contribution in [0, 0.1) is 0 Å². The molecule has 6 nitrogen and oxygen atoms in total. The molecular formula is C27H33N5O. The van der Waals surface area contributed by atoms with E-state index < -0.39 is 0 Å². The summed E-state index contributed by atoms with van der Waals surface area (Å²) in [7, 11) is 0. The van der Waals surface area contributed by atoms with E-state index in [9.17, 15) is 4.79 Å². The molecule has 1 aromatic heterocycles. The van der Waals surface area contributed by atoms with Gasteiger partial charge < -0.3 is 4.90 Å².